The van der Waals surface area contributed by atoms with Crippen molar-refractivity contribution in [2.75, 3.05) is 27.9 Å². The standard InChI is InChI=1S/C18H22O5/c1-21-14-7-4-12(5-8-14)15(11-19)18(20)13-6-9-16(22-2)17(10-13)23-3/h4-10,15,18-20H,11H2,1-3H3/t15-,18-/m0/s1. The highest BCUT2D eigenvalue weighted by Crippen LogP contribution is 2.36. The van der Waals surface area contributed by atoms with Gasteiger partial charge in [0.25, 0.3) is 0 Å². The maximum Gasteiger partial charge on any atom is 0.161 e. The molecule has 0 unspecified atom stereocenters. The minimum absolute atomic E-state index is 0.179. The summed E-state index contributed by atoms with van der Waals surface area (Å²) in [4.78, 5) is 0. The van der Waals surface area contributed by atoms with Gasteiger partial charge in [0.15, 0.2) is 11.5 Å². The molecule has 5 nitrogen and oxygen atoms in total. The predicted molar refractivity (Wildman–Crippen MR) is 87.3 cm³/mol. The van der Waals surface area contributed by atoms with Crippen LogP contribution >= 0.6 is 0 Å². The quantitative estimate of drug-likeness (QED) is 0.821. The summed E-state index contributed by atoms with van der Waals surface area (Å²) < 4.78 is 15.6. The van der Waals surface area contributed by atoms with E-state index in [0.29, 0.717) is 17.1 Å². The van der Waals surface area contributed by atoms with Gasteiger partial charge in [-0.15, -0.1) is 0 Å². The van der Waals surface area contributed by atoms with E-state index in [0.717, 1.165) is 11.3 Å². The highest BCUT2D eigenvalue weighted by Gasteiger charge is 2.23. The largest absolute Gasteiger partial charge is 0.497 e. The number of ether oxygens (including phenoxy) is 3. The molecule has 0 aromatic heterocycles. The number of rotatable bonds is 7. The Kier molecular flexibility index (Phi) is 5.84. The molecule has 2 aromatic rings. The van der Waals surface area contributed by atoms with E-state index in [1.165, 1.54) is 0 Å². The third kappa shape index (κ3) is 3.75. The molecule has 0 saturated carbocycles. The predicted octanol–water partition coefficient (Wildman–Crippen LogP) is 2.52. The van der Waals surface area contributed by atoms with Crippen LogP contribution in [0, 0.1) is 0 Å². The van der Waals surface area contributed by atoms with Crippen molar-refractivity contribution in [1.82, 2.24) is 0 Å². The summed E-state index contributed by atoms with van der Waals surface area (Å²) in [6.45, 7) is -0.179. The molecule has 5 heteroatoms. The molecule has 0 saturated heterocycles. The molecule has 2 N–H and O–H groups in total. The molecule has 0 aliphatic heterocycles. The van der Waals surface area contributed by atoms with E-state index in [-0.39, 0.29) is 6.61 Å². The Labute approximate surface area is 136 Å². The van der Waals surface area contributed by atoms with Crippen LogP contribution in [0.1, 0.15) is 23.1 Å². The van der Waals surface area contributed by atoms with Crippen LogP contribution < -0.4 is 14.2 Å². The van der Waals surface area contributed by atoms with Crippen molar-refractivity contribution in [3.63, 3.8) is 0 Å². The van der Waals surface area contributed by atoms with E-state index in [9.17, 15) is 10.2 Å². The molecular weight excluding hydrogens is 296 g/mol. The van der Waals surface area contributed by atoms with Crippen molar-refractivity contribution in [2.24, 2.45) is 0 Å². The number of hydrogen-bond donors (Lipinski definition) is 2. The van der Waals surface area contributed by atoms with Gasteiger partial charge in [-0.1, -0.05) is 18.2 Å². The SMILES string of the molecule is COc1ccc([C@H](CO)[C@@H](O)c2ccc(OC)c(OC)c2)cc1. The van der Waals surface area contributed by atoms with Crippen LogP contribution in [0.2, 0.25) is 0 Å². The molecule has 0 aliphatic carbocycles. The number of hydrogen-bond acceptors (Lipinski definition) is 5. The third-order valence-electron chi connectivity index (χ3n) is 3.87. The second kappa shape index (κ2) is 7.85. The summed E-state index contributed by atoms with van der Waals surface area (Å²) in [5, 5.41) is 20.4. The van der Waals surface area contributed by atoms with Crippen molar-refractivity contribution in [1.29, 1.82) is 0 Å². The van der Waals surface area contributed by atoms with E-state index in [1.54, 1.807) is 51.7 Å². The number of aliphatic hydroxyl groups is 2. The first kappa shape index (κ1) is 17.1. The Morgan fingerprint density at radius 1 is 0.826 bits per heavy atom. The molecule has 2 rings (SSSR count). The summed E-state index contributed by atoms with van der Waals surface area (Å²) in [6, 6.07) is 12.5. The van der Waals surface area contributed by atoms with Gasteiger partial charge in [-0.25, -0.2) is 0 Å². The lowest BCUT2D eigenvalue weighted by Crippen LogP contribution is -2.15. The molecule has 2 atom stereocenters. The van der Waals surface area contributed by atoms with Crippen LogP contribution in [0.25, 0.3) is 0 Å². The Hall–Kier alpha value is -2.24. The lowest BCUT2D eigenvalue weighted by Gasteiger charge is -2.23. The Morgan fingerprint density at radius 3 is 1.96 bits per heavy atom. The van der Waals surface area contributed by atoms with E-state index in [1.807, 2.05) is 12.1 Å². The van der Waals surface area contributed by atoms with Gasteiger partial charge in [0, 0.05) is 5.92 Å². The molecule has 0 heterocycles. The van der Waals surface area contributed by atoms with Gasteiger partial charge >= 0.3 is 0 Å². The molecule has 0 fully saturated rings. The van der Waals surface area contributed by atoms with Crippen molar-refractivity contribution in [3.8, 4) is 17.2 Å². The fraction of sp³-hybridized carbons (Fsp3) is 0.333. The highest BCUT2D eigenvalue weighted by atomic mass is 16.5. The van der Waals surface area contributed by atoms with Gasteiger partial charge in [-0.05, 0) is 35.4 Å². The molecule has 23 heavy (non-hydrogen) atoms. The monoisotopic (exact) mass is 318 g/mol. The fourth-order valence-electron chi connectivity index (χ4n) is 2.51. The molecule has 0 spiro atoms. The molecule has 0 bridgehead atoms. The maximum absolute atomic E-state index is 10.7. The fourth-order valence-corrected chi connectivity index (χ4v) is 2.51. The summed E-state index contributed by atoms with van der Waals surface area (Å²) in [7, 11) is 4.69. The average molecular weight is 318 g/mol. The molecular formula is C18H22O5. The first-order valence-electron chi connectivity index (χ1n) is 7.29. The van der Waals surface area contributed by atoms with Crippen molar-refractivity contribution in [2.45, 2.75) is 12.0 Å². The summed E-state index contributed by atoms with van der Waals surface area (Å²) >= 11 is 0. The lowest BCUT2D eigenvalue weighted by molar-refractivity contribution is 0.106. The second-order valence-corrected chi connectivity index (χ2v) is 5.12. The molecule has 0 amide bonds. The van der Waals surface area contributed by atoms with Crippen LogP contribution in [0.5, 0.6) is 17.2 Å². The number of benzene rings is 2. The first-order valence-corrected chi connectivity index (χ1v) is 7.29. The van der Waals surface area contributed by atoms with Crippen LogP contribution in [-0.4, -0.2) is 38.1 Å². The second-order valence-electron chi connectivity index (χ2n) is 5.12. The van der Waals surface area contributed by atoms with Gasteiger partial charge in [0.1, 0.15) is 5.75 Å². The first-order chi connectivity index (χ1) is 11.1. The summed E-state index contributed by atoms with van der Waals surface area (Å²) in [5.41, 5.74) is 1.48. The Balaban J connectivity index is 2.29. The Morgan fingerprint density at radius 2 is 1.43 bits per heavy atom. The minimum atomic E-state index is -0.867. The molecule has 0 radical (unpaired) electrons. The van der Waals surface area contributed by atoms with Gasteiger partial charge in [0.2, 0.25) is 0 Å². The van der Waals surface area contributed by atoms with E-state index >= 15 is 0 Å². The third-order valence-corrected chi connectivity index (χ3v) is 3.87. The smallest absolute Gasteiger partial charge is 0.161 e. The van der Waals surface area contributed by atoms with Gasteiger partial charge in [-0.3, -0.25) is 0 Å². The van der Waals surface area contributed by atoms with Gasteiger partial charge < -0.3 is 24.4 Å². The zero-order valence-corrected chi connectivity index (χ0v) is 13.5. The number of aliphatic hydroxyl groups excluding tert-OH is 2. The van der Waals surface area contributed by atoms with Crippen LogP contribution in [0.4, 0.5) is 0 Å². The molecule has 2 aromatic carbocycles. The summed E-state index contributed by atoms with van der Waals surface area (Å²) in [6.07, 6.45) is -0.867. The van der Waals surface area contributed by atoms with E-state index in [2.05, 4.69) is 0 Å². The Bertz CT molecular complexity index is 624. The molecule has 124 valence electrons. The van der Waals surface area contributed by atoms with Crippen LogP contribution in [-0.2, 0) is 0 Å². The van der Waals surface area contributed by atoms with Crippen molar-refractivity contribution >= 4 is 0 Å². The minimum Gasteiger partial charge on any atom is -0.497 e. The van der Waals surface area contributed by atoms with Crippen molar-refractivity contribution in [3.05, 3.63) is 53.6 Å². The zero-order valence-electron chi connectivity index (χ0n) is 13.5. The normalized spacial score (nSPS) is 13.3. The van der Waals surface area contributed by atoms with Crippen LogP contribution in [0.3, 0.4) is 0 Å². The van der Waals surface area contributed by atoms with Gasteiger partial charge in [-0.2, -0.15) is 0 Å². The zero-order chi connectivity index (χ0) is 16.8. The maximum atomic E-state index is 10.7. The topological polar surface area (TPSA) is 68.2 Å². The lowest BCUT2D eigenvalue weighted by atomic mass is 9.89. The van der Waals surface area contributed by atoms with Gasteiger partial charge in [0.05, 0.1) is 34.0 Å². The molecule has 0 aliphatic rings. The summed E-state index contributed by atoms with van der Waals surface area (Å²) in [5.74, 6) is 1.41. The van der Waals surface area contributed by atoms with Crippen LogP contribution in [0.15, 0.2) is 42.5 Å². The average Bonchev–Trinajstić information content (AvgIpc) is 2.62. The van der Waals surface area contributed by atoms with E-state index < -0.39 is 12.0 Å². The van der Waals surface area contributed by atoms with E-state index in [4.69, 9.17) is 14.2 Å². The van der Waals surface area contributed by atoms with Crippen molar-refractivity contribution < 1.29 is 24.4 Å². The highest BCUT2D eigenvalue weighted by molar-refractivity contribution is 5.44. The number of methoxy groups -OCH3 is 3.